The van der Waals surface area contributed by atoms with Crippen molar-refractivity contribution >= 4 is 38.9 Å². The summed E-state index contributed by atoms with van der Waals surface area (Å²) in [7, 11) is -3.71. The van der Waals surface area contributed by atoms with Crippen molar-refractivity contribution in [2.45, 2.75) is 20.3 Å². The van der Waals surface area contributed by atoms with Gasteiger partial charge in [0.1, 0.15) is 6.54 Å². The monoisotopic (exact) mass is 389 g/mol. The lowest BCUT2D eigenvalue weighted by atomic mass is 10.1. The average molecular weight is 389 g/mol. The molecule has 144 valence electrons. The fourth-order valence-corrected chi connectivity index (χ4v) is 3.46. The van der Waals surface area contributed by atoms with Crippen molar-refractivity contribution < 1.29 is 18.0 Å². The van der Waals surface area contributed by atoms with Gasteiger partial charge in [0.25, 0.3) is 0 Å². The second-order valence-electron chi connectivity index (χ2n) is 6.06. The fraction of sp³-hybridized carbons (Fsp3) is 0.263. The molecule has 0 heterocycles. The zero-order valence-corrected chi connectivity index (χ0v) is 16.3. The summed E-state index contributed by atoms with van der Waals surface area (Å²) in [6.07, 6.45) is 1.77. The third-order valence-electron chi connectivity index (χ3n) is 3.81. The van der Waals surface area contributed by atoms with Crippen molar-refractivity contribution in [3.8, 4) is 0 Å². The van der Waals surface area contributed by atoms with E-state index in [1.165, 1.54) is 13.0 Å². The number of amides is 2. The molecule has 0 spiro atoms. The van der Waals surface area contributed by atoms with Gasteiger partial charge in [-0.15, -0.1) is 0 Å². The molecule has 2 aromatic carbocycles. The number of carbonyl (C=O) groups excluding carboxylic acids is 2. The van der Waals surface area contributed by atoms with E-state index in [2.05, 4.69) is 10.6 Å². The second kappa shape index (κ2) is 8.68. The van der Waals surface area contributed by atoms with E-state index in [9.17, 15) is 18.0 Å². The number of para-hydroxylation sites is 1. The summed E-state index contributed by atoms with van der Waals surface area (Å²) < 4.78 is 25.5. The number of nitrogens with one attached hydrogen (secondary N) is 2. The maximum absolute atomic E-state index is 12.5. The Labute approximate surface area is 159 Å². The van der Waals surface area contributed by atoms with Crippen LogP contribution in [0.5, 0.6) is 0 Å². The molecule has 0 aromatic heterocycles. The number of sulfonamides is 1. The van der Waals surface area contributed by atoms with E-state index in [1.807, 2.05) is 19.1 Å². The van der Waals surface area contributed by atoms with Gasteiger partial charge in [-0.1, -0.05) is 31.2 Å². The van der Waals surface area contributed by atoms with E-state index in [1.54, 1.807) is 30.3 Å². The van der Waals surface area contributed by atoms with Crippen molar-refractivity contribution in [3.05, 3.63) is 54.1 Å². The summed E-state index contributed by atoms with van der Waals surface area (Å²) in [5.41, 5.74) is 2.36. The molecule has 0 saturated carbocycles. The van der Waals surface area contributed by atoms with Crippen LogP contribution in [-0.4, -0.2) is 33.0 Å². The van der Waals surface area contributed by atoms with Gasteiger partial charge in [0, 0.05) is 18.3 Å². The molecular weight excluding hydrogens is 366 g/mol. The standard InChI is InChI=1S/C19H23N3O4S/c1-4-15-8-5-6-11-18(15)21-19(24)13-22(27(3,25)26)17-10-7-9-16(12-17)20-14(2)23/h5-12H,4,13H2,1-3H3,(H,20,23)(H,21,24). The van der Waals surface area contributed by atoms with Crippen LogP contribution in [-0.2, 0) is 26.0 Å². The lowest BCUT2D eigenvalue weighted by Crippen LogP contribution is -2.37. The smallest absolute Gasteiger partial charge is 0.245 e. The molecule has 2 aromatic rings. The number of carbonyl (C=O) groups is 2. The van der Waals surface area contributed by atoms with Crippen molar-refractivity contribution in [3.63, 3.8) is 0 Å². The lowest BCUT2D eigenvalue weighted by molar-refractivity contribution is -0.115. The minimum Gasteiger partial charge on any atom is -0.326 e. The highest BCUT2D eigenvalue weighted by molar-refractivity contribution is 7.92. The van der Waals surface area contributed by atoms with Gasteiger partial charge in [0.15, 0.2) is 0 Å². The van der Waals surface area contributed by atoms with Crippen LogP contribution < -0.4 is 14.9 Å². The molecule has 0 unspecified atom stereocenters. The molecule has 0 fully saturated rings. The number of aryl methyl sites for hydroxylation is 1. The Morgan fingerprint density at radius 3 is 2.37 bits per heavy atom. The summed E-state index contributed by atoms with van der Waals surface area (Å²) >= 11 is 0. The zero-order chi connectivity index (χ0) is 20.0. The topological polar surface area (TPSA) is 95.6 Å². The Hall–Kier alpha value is -2.87. The summed E-state index contributed by atoms with van der Waals surface area (Å²) in [4.78, 5) is 23.7. The normalized spacial score (nSPS) is 10.9. The Balaban J connectivity index is 2.25. The molecule has 0 aliphatic heterocycles. The summed E-state index contributed by atoms with van der Waals surface area (Å²) in [5.74, 6) is -0.724. The van der Waals surface area contributed by atoms with Crippen LogP contribution in [0.15, 0.2) is 48.5 Å². The summed E-state index contributed by atoms with van der Waals surface area (Å²) in [6.45, 7) is 2.96. The van der Waals surface area contributed by atoms with E-state index in [4.69, 9.17) is 0 Å². The number of anilines is 3. The Kier molecular flexibility index (Phi) is 6.57. The first kappa shape index (κ1) is 20.4. The first-order valence-electron chi connectivity index (χ1n) is 8.44. The van der Waals surface area contributed by atoms with Gasteiger partial charge in [-0.3, -0.25) is 13.9 Å². The van der Waals surface area contributed by atoms with Gasteiger partial charge in [-0.05, 0) is 36.2 Å². The minimum atomic E-state index is -3.71. The van der Waals surface area contributed by atoms with Gasteiger partial charge < -0.3 is 10.6 Å². The minimum absolute atomic E-state index is 0.271. The van der Waals surface area contributed by atoms with E-state index < -0.39 is 15.9 Å². The highest BCUT2D eigenvalue weighted by Gasteiger charge is 2.21. The molecule has 0 aliphatic rings. The molecule has 2 amide bonds. The number of hydrogen-bond donors (Lipinski definition) is 2. The lowest BCUT2D eigenvalue weighted by Gasteiger charge is -2.22. The van der Waals surface area contributed by atoms with Crippen molar-refractivity contribution in [2.24, 2.45) is 0 Å². The first-order chi connectivity index (χ1) is 12.7. The van der Waals surface area contributed by atoms with Crippen LogP contribution >= 0.6 is 0 Å². The maximum atomic E-state index is 12.5. The van der Waals surface area contributed by atoms with Gasteiger partial charge in [0.05, 0.1) is 11.9 Å². The molecule has 2 N–H and O–H groups in total. The van der Waals surface area contributed by atoms with E-state index >= 15 is 0 Å². The van der Waals surface area contributed by atoms with E-state index in [-0.39, 0.29) is 12.5 Å². The molecule has 0 bridgehead atoms. The molecule has 8 heteroatoms. The Bertz CT molecular complexity index is 941. The first-order valence-corrected chi connectivity index (χ1v) is 10.3. The third kappa shape index (κ3) is 5.82. The third-order valence-corrected chi connectivity index (χ3v) is 4.95. The number of rotatable bonds is 7. The van der Waals surface area contributed by atoms with Gasteiger partial charge in [0.2, 0.25) is 21.8 Å². The summed E-state index contributed by atoms with van der Waals surface area (Å²) in [5, 5.41) is 5.36. The van der Waals surface area contributed by atoms with E-state index in [0.29, 0.717) is 17.1 Å². The zero-order valence-electron chi connectivity index (χ0n) is 15.5. The van der Waals surface area contributed by atoms with Crippen molar-refractivity contribution in [2.75, 3.05) is 27.7 Å². The van der Waals surface area contributed by atoms with Crippen LogP contribution in [0.25, 0.3) is 0 Å². The Morgan fingerprint density at radius 1 is 1.04 bits per heavy atom. The number of nitrogens with zero attached hydrogens (tertiary/aromatic N) is 1. The molecule has 0 radical (unpaired) electrons. The maximum Gasteiger partial charge on any atom is 0.245 e. The second-order valence-corrected chi connectivity index (χ2v) is 7.97. The van der Waals surface area contributed by atoms with Gasteiger partial charge in [-0.25, -0.2) is 8.42 Å². The van der Waals surface area contributed by atoms with Gasteiger partial charge >= 0.3 is 0 Å². The molecule has 0 atom stereocenters. The predicted octanol–water partition coefficient (Wildman–Crippen LogP) is 2.61. The highest BCUT2D eigenvalue weighted by atomic mass is 32.2. The van der Waals surface area contributed by atoms with Crippen LogP contribution in [0.3, 0.4) is 0 Å². The summed E-state index contributed by atoms with van der Waals surface area (Å²) in [6, 6.07) is 13.7. The quantitative estimate of drug-likeness (QED) is 0.761. The van der Waals surface area contributed by atoms with Crippen LogP contribution in [0.4, 0.5) is 17.1 Å². The SMILES string of the molecule is CCc1ccccc1NC(=O)CN(c1cccc(NC(C)=O)c1)S(C)(=O)=O. The van der Waals surface area contributed by atoms with Crippen LogP contribution in [0, 0.1) is 0 Å². The van der Waals surface area contributed by atoms with Gasteiger partial charge in [-0.2, -0.15) is 0 Å². The molecule has 7 nitrogen and oxygen atoms in total. The molecule has 0 saturated heterocycles. The van der Waals surface area contributed by atoms with E-state index in [0.717, 1.165) is 22.5 Å². The average Bonchev–Trinajstić information content (AvgIpc) is 2.59. The fourth-order valence-electron chi connectivity index (χ4n) is 2.61. The molecule has 0 aliphatic carbocycles. The van der Waals surface area contributed by atoms with Crippen LogP contribution in [0.1, 0.15) is 19.4 Å². The predicted molar refractivity (Wildman–Crippen MR) is 107 cm³/mol. The molecule has 2 rings (SSSR count). The van der Waals surface area contributed by atoms with Crippen LogP contribution in [0.2, 0.25) is 0 Å². The van der Waals surface area contributed by atoms with Crippen molar-refractivity contribution in [1.82, 2.24) is 0 Å². The number of benzene rings is 2. The molecule has 27 heavy (non-hydrogen) atoms. The largest absolute Gasteiger partial charge is 0.326 e. The van der Waals surface area contributed by atoms with Crippen molar-refractivity contribution in [1.29, 1.82) is 0 Å². The molecular formula is C19H23N3O4S. The highest BCUT2D eigenvalue weighted by Crippen LogP contribution is 2.22. The number of hydrogen-bond acceptors (Lipinski definition) is 4. The Morgan fingerprint density at radius 2 is 1.74 bits per heavy atom.